The van der Waals surface area contributed by atoms with Gasteiger partial charge in [0, 0.05) is 6.54 Å². The normalized spacial score (nSPS) is 11.0. The lowest BCUT2D eigenvalue weighted by molar-refractivity contribution is -0.137. The van der Waals surface area contributed by atoms with Crippen LogP contribution in [0.2, 0.25) is 0 Å². The van der Waals surface area contributed by atoms with E-state index >= 15 is 0 Å². The molecule has 4 nitrogen and oxygen atoms in total. The van der Waals surface area contributed by atoms with Crippen molar-refractivity contribution >= 4 is 11.9 Å². The number of hydrogen-bond donors (Lipinski definition) is 1. The van der Waals surface area contributed by atoms with Gasteiger partial charge < -0.3 is 10.1 Å². The first-order valence-corrected chi connectivity index (χ1v) is 7.11. The number of carbonyl (C=O) groups excluding carboxylic acids is 2. The summed E-state index contributed by atoms with van der Waals surface area (Å²) >= 11 is 0. The van der Waals surface area contributed by atoms with Crippen LogP contribution in [0.25, 0.3) is 0 Å². The van der Waals surface area contributed by atoms with E-state index in [0.29, 0.717) is 11.6 Å². The van der Waals surface area contributed by atoms with Gasteiger partial charge in [-0.15, -0.1) is 0 Å². The fourth-order valence-electron chi connectivity index (χ4n) is 1.89. The minimum atomic E-state index is -4.58. The van der Waals surface area contributed by atoms with E-state index in [-0.39, 0.29) is 12.1 Å². The molecule has 0 saturated heterocycles. The number of esters is 1. The van der Waals surface area contributed by atoms with E-state index in [2.05, 4.69) is 10.1 Å². The van der Waals surface area contributed by atoms with Crippen LogP contribution in [0.3, 0.4) is 0 Å². The summed E-state index contributed by atoms with van der Waals surface area (Å²) in [6, 6.07) is 9.13. The van der Waals surface area contributed by atoms with Gasteiger partial charge in [0.2, 0.25) is 0 Å². The molecule has 0 aromatic heterocycles. The van der Waals surface area contributed by atoms with E-state index in [1.54, 1.807) is 0 Å². The Kier molecular flexibility index (Phi) is 5.74. The van der Waals surface area contributed by atoms with E-state index < -0.39 is 36.0 Å². The molecule has 1 N–H and O–H groups in total. The molecule has 0 spiro atoms. The third-order valence-corrected chi connectivity index (χ3v) is 3.16. The zero-order valence-corrected chi connectivity index (χ0v) is 12.8. The Balaban J connectivity index is 1.85. The molecule has 8 heteroatoms. The van der Waals surface area contributed by atoms with E-state index in [0.717, 1.165) is 18.2 Å². The molecule has 0 aliphatic heterocycles. The Labute approximate surface area is 140 Å². The molecule has 2 aromatic carbocycles. The van der Waals surface area contributed by atoms with Crippen molar-refractivity contribution in [2.75, 3.05) is 6.61 Å². The molecule has 0 fully saturated rings. The second kappa shape index (κ2) is 7.78. The third kappa shape index (κ3) is 5.59. The van der Waals surface area contributed by atoms with E-state index in [9.17, 15) is 27.2 Å². The van der Waals surface area contributed by atoms with Gasteiger partial charge in [-0.25, -0.2) is 9.18 Å². The number of carbonyl (C=O) groups is 2. The lowest BCUT2D eigenvalue weighted by atomic mass is 10.1. The van der Waals surface area contributed by atoms with E-state index in [1.807, 2.05) is 0 Å². The van der Waals surface area contributed by atoms with Crippen LogP contribution in [0.15, 0.2) is 48.5 Å². The molecule has 0 radical (unpaired) electrons. The lowest BCUT2D eigenvalue weighted by Gasteiger charge is -2.09. The topological polar surface area (TPSA) is 55.4 Å². The highest BCUT2D eigenvalue weighted by Gasteiger charge is 2.31. The number of hydrogen-bond acceptors (Lipinski definition) is 3. The summed E-state index contributed by atoms with van der Waals surface area (Å²) in [6.07, 6.45) is -4.58. The summed E-state index contributed by atoms with van der Waals surface area (Å²) in [4.78, 5) is 23.3. The minimum Gasteiger partial charge on any atom is -0.452 e. The molecule has 25 heavy (non-hydrogen) atoms. The average Bonchev–Trinajstić information content (AvgIpc) is 2.58. The molecule has 0 heterocycles. The first-order chi connectivity index (χ1) is 11.8. The summed E-state index contributed by atoms with van der Waals surface area (Å²) in [5, 5.41) is 2.44. The van der Waals surface area contributed by atoms with Gasteiger partial charge in [0.05, 0.1) is 11.1 Å². The van der Waals surface area contributed by atoms with Crippen LogP contribution < -0.4 is 5.32 Å². The highest BCUT2D eigenvalue weighted by molar-refractivity contribution is 5.91. The Bertz CT molecular complexity index is 757. The quantitative estimate of drug-likeness (QED) is 0.661. The Morgan fingerprint density at radius 2 is 1.72 bits per heavy atom. The maximum absolute atomic E-state index is 12.7. The lowest BCUT2D eigenvalue weighted by Crippen LogP contribution is -2.28. The fourth-order valence-corrected chi connectivity index (χ4v) is 1.89. The van der Waals surface area contributed by atoms with Crippen molar-refractivity contribution in [3.63, 3.8) is 0 Å². The Morgan fingerprint density at radius 3 is 2.36 bits per heavy atom. The van der Waals surface area contributed by atoms with E-state index in [1.165, 1.54) is 24.3 Å². The average molecular weight is 355 g/mol. The van der Waals surface area contributed by atoms with Crippen molar-refractivity contribution in [3.05, 3.63) is 71.0 Å². The van der Waals surface area contributed by atoms with Crippen molar-refractivity contribution in [1.29, 1.82) is 0 Å². The molecule has 0 unspecified atom stereocenters. The third-order valence-electron chi connectivity index (χ3n) is 3.16. The molecule has 132 valence electrons. The Hall–Kier alpha value is -2.90. The van der Waals surface area contributed by atoms with Gasteiger partial charge >= 0.3 is 12.1 Å². The fraction of sp³-hybridized carbons (Fsp3) is 0.176. The molecule has 0 bridgehead atoms. The first-order valence-electron chi connectivity index (χ1n) is 7.11. The molecular formula is C17H13F4NO3. The molecule has 0 saturated carbocycles. The van der Waals surface area contributed by atoms with Crippen LogP contribution in [0.1, 0.15) is 21.5 Å². The maximum atomic E-state index is 12.7. The molecule has 1 amide bonds. The van der Waals surface area contributed by atoms with Crippen LogP contribution in [-0.4, -0.2) is 18.5 Å². The standard InChI is InChI=1S/C17H13F4NO3/c18-14-6-4-11(5-7-14)9-22-15(23)10-25-16(24)12-2-1-3-13(8-12)17(19,20)21/h1-8H,9-10H2,(H,22,23). The number of nitrogens with one attached hydrogen (secondary N) is 1. The monoisotopic (exact) mass is 355 g/mol. The summed E-state index contributed by atoms with van der Waals surface area (Å²) < 4.78 is 55.2. The SMILES string of the molecule is O=C(COC(=O)c1cccc(C(F)(F)F)c1)NCc1ccc(F)cc1. The van der Waals surface area contributed by atoms with Crippen molar-refractivity contribution in [3.8, 4) is 0 Å². The van der Waals surface area contributed by atoms with Crippen LogP contribution in [0.4, 0.5) is 17.6 Å². The number of ether oxygens (including phenoxy) is 1. The molecule has 0 aliphatic carbocycles. The summed E-state index contributed by atoms with van der Waals surface area (Å²) in [5.74, 6) is -2.09. The van der Waals surface area contributed by atoms with Crippen molar-refractivity contribution in [1.82, 2.24) is 5.32 Å². The van der Waals surface area contributed by atoms with Crippen molar-refractivity contribution < 1.29 is 31.9 Å². The number of alkyl halides is 3. The molecule has 2 rings (SSSR count). The van der Waals surface area contributed by atoms with Crippen LogP contribution >= 0.6 is 0 Å². The number of halogens is 4. The highest BCUT2D eigenvalue weighted by Crippen LogP contribution is 2.29. The van der Waals surface area contributed by atoms with Crippen LogP contribution in [0, 0.1) is 5.82 Å². The minimum absolute atomic E-state index is 0.0974. The number of amides is 1. The summed E-state index contributed by atoms with van der Waals surface area (Å²) in [7, 11) is 0. The maximum Gasteiger partial charge on any atom is 0.416 e. The van der Waals surface area contributed by atoms with Crippen LogP contribution in [0.5, 0.6) is 0 Å². The predicted molar refractivity (Wildman–Crippen MR) is 80.0 cm³/mol. The highest BCUT2D eigenvalue weighted by atomic mass is 19.4. The predicted octanol–water partition coefficient (Wildman–Crippen LogP) is 3.32. The van der Waals surface area contributed by atoms with Gasteiger partial charge in [-0.1, -0.05) is 18.2 Å². The van der Waals surface area contributed by atoms with Gasteiger partial charge in [-0.2, -0.15) is 13.2 Å². The summed E-state index contributed by atoms with van der Waals surface area (Å²) in [5.41, 5.74) is -0.650. The second-order valence-electron chi connectivity index (χ2n) is 5.06. The van der Waals surface area contributed by atoms with Gasteiger partial charge in [0.25, 0.3) is 5.91 Å². The number of benzene rings is 2. The van der Waals surface area contributed by atoms with Gasteiger partial charge in [-0.3, -0.25) is 4.79 Å². The molecule has 0 atom stereocenters. The summed E-state index contributed by atoms with van der Waals surface area (Å²) in [6.45, 7) is -0.545. The largest absolute Gasteiger partial charge is 0.452 e. The van der Waals surface area contributed by atoms with Gasteiger partial charge in [-0.05, 0) is 35.9 Å². The zero-order valence-electron chi connectivity index (χ0n) is 12.8. The van der Waals surface area contributed by atoms with Gasteiger partial charge in [0.1, 0.15) is 5.82 Å². The Morgan fingerprint density at radius 1 is 1.04 bits per heavy atom. The smallest absolute Gasteiger partial charge is 0.416 e. The van der Waals surface area contributed by atoms with Gasteiger partial charge in [0.15, 0.2) is 6.61 Å². The van der Waals surface area contributed by atoms with Crippen molar-refractivity contribution in [2.24, 2.45) is 0 Å². The molecule has 0 aliphatic rings. The van der Waals surface area contributed by atoms with Crippen molar-refractivity contribution in [2.45, 2.75) is 12.7 Å². The van der Waals surface area contributed by atoms with Crippen LogP contribution in [-0.2, 0) is 22.3 Å². The second-order valence-corrected chi connectivity index (χ2v) is 5.06. The number of rotatable bonds is 5. The molecule has 2 aromatic rings. The van der Waals surface area contributed by atoms with E-state index in [4.69, 9.17) is 0 Å². The zero-order chi connectivity index (χ0) is 18.4. The molecular weight excluding hydrogens is 342 g/mol. The first kappa shape index (κ1) is 18.4.